The zero-order chi connectivity index (χ0) is 14.6. The molecule has 1 aliphatic heterocycles. The smallest absolute Gasteiger partial charge is 0.328 e. The van der Waals surface area contributed by atoms with Gasteiger partial charge >= 0.3 is 5.97 Å². The molecule has 6 heteroatoms. The summed E-state index contributed by atoms with van der Waals surface area (Å²) in [6.45, 7) is 2.97. The average Bonchev–Trinajstić information content (AvgIpc) is 2.44. The summed E-state index contributed by atoms with van der Waals surface area (Å²) < 4.78 is 4.67. The first-order chi connectivity index (χ1) is 8.85. The Morgan fingerprint density at radius 1 is 1.32 bits per heavy atom. The van der Waals surface area contributed by atoms with Crippen molar-refractivity contribution in [1.29, 1.82) is 0 Å². The lowest BCUT2D eigenvalue weighted by molar-refractivity contribution is -0.159. The fraction of sp³-hybridized carbons (Fsp3) is 0.769. The van der Waals surface area contributed by atoms with E-state index in [9.17, 15) is 14.4 Å². The quantitative estimate of drug-likeness (QED) is 0.580. The van der Waals surface area contributed by atoms with Gasteiger partial charge in [0.05, 0.1) is 19.1 Å². The molecular weight excluding hydrogens is 250 g/mol. The highest BCUT2D eigenvalue weighted by Crippen LogP contribution is 2.22. The number of Topliss-reactive ketones (excluding diaryl/α,β-unsaturated/α-hetero) is 1. The van der Waals surface area contributed by atoms with Gasteiger partial charge in [-0.25, -0.2) is 4.79 Å². The average molecular weight is 271 g/mol. The van der Waals surface area contributed by atoms with Crippen LogP contribution in [0.5, 0.6) is 0 Å². The minimum Gasteiger partial charge on any atom is -0.467 e. The normalized spacial score (nSPS) is 20.0. The number of hydrogen-bond donors (Lipinski definition) is 1. The van der Waals surface area contributed by atoms with E-state index in [0.717, 1.165) is 12.8 Å². The number of hydrogen-bond acceptors (Lipinski definition) is 5. The first-order valence-electron chi connectivity index (χ1n) is 6.39. The molecular formula is C13H21NO5. The molecule has 1 heterocycles. The highest BCUT2D eigenvalue weighted by molar-refractivity contribution is 6.38. The molecule has 1 rings (SSSR count). The maximum atomic E-state index is 12.2. The molecule has 1 amide bonds. The maximum Gasteiger partial charge on any atom is 0.328 e. The first kappa shape index (κ1) is 15.6. The standard InChI is InChI=1S/C13H21NO5/c1-13(2,8-15)10(16)11(17)14-7-5-4-6-9(14)12(18)19-3/h9,15H,4-8H2,1-3H3/t9-/m0/s1. The van der Waals surface area contributed by atoms with Gasteiger partial charge in [-0.05, 0) is 19.3 Å². The molecule has 0 unspecified atom stereocenters. The van der Waals surface area contributed by atoms with E-state index in [0.29, 0.717) is 13.0 Å². The number of carbonyl (C=O) groups excluding carboxylic acids is 3. The summed E-state index contributed by atoms with van der Waals surface area (Å²) in [7, 11) is 1.26. The lowest BCUT2D eigenvalue weighted by atomic mass is 9.87. The Morgan fingerprint density at radius 3 is 2.47 bits per heavy atom. The van der Waals surface area contributed by atoms with Crippen molar-refractivity contribution in [3.05, 3.63) is 0 Å². The van der Waals surface area contributed by atoms with Gasteiger partial charge in [0.25, 0.3) is 5.91 Å². The van der Waals surface area contributed by atoms with Gasteiger partial charge in [-0.3, -0.25) is 9.59 Å². The Balaban J connectivity index is 2.89. The second-order valence-corrected chi connectivity index (χ2v) is 5.40. The third-order valence-corrected chi connectivity index (χ3v) is 3.44. The summed E-state index contributed by atoms with van der Waals surface area (Å²) in [5.41, 5.74) is -1.13. The molecule has 0 spiro atoms. The molecule has 0 saturated carbocycles. The molecule has 0 bridgehead atoms. The Morgan fingerprint density at radius 2 is 1.95 bits per heavy atom. The largest absolute Gasteiger partial charge is 0.467 e. The predicted molar refractivity (Wildman–Crippen MR) is 67.2 cm³/mol. The van der Waals surface area contributed by atoms with Crippen molar-refractivity contribution in [1.82, 2.24) is 4.90 Å². The zero-order valence-corrected chi connectivity index (χ0v) is 11.6. The molecule has 1 fully saturated rings. The Bertz CT molecular complexity index is 377. The van der Waals surface area contributed by atoms with E-state index >= 15 is 0 Å². The lowest BCUT2D eigenvalue weighted by Crippen LogP contribution is -2.53. The summed E-state index contributed by atoms with van der Waals surface area (Å²) in [6.07, 6.45) is 2.08. The highest BCUT2D eigenvalue weighted by atomic mass is 16.5. The molecule has 1 aliphatic rings. The molecule has 1 atom stereocenters. The summed E-state index contributed by atoms with van der Waals surface area (Å²) in [4.78, 5) is 37.2. The van der Waals surface area contributed by atoms with Crippen molar-refractivity contribution < 1.29 is 24.2 Å². The van der Waals surface area contributed by atoms with Gasteiger partial charge in [0, 0.05) is 6.54 Å². The van der Waals surface area contributed by atoms with Gasteiger partial charge in [0.1, 0.15) is 6.04 Å². The number of carbonyl (C=O) groups is 3. The Labute approximate surface area is 112 Å². The van der Waals surface area contributed by atoms with Crippen LogP contribution in [-0.2, 0) is 19.1 Å². The monoisotopic (exact) mass is 271 g/mol. The van der Waals surface area contributed by atoms with E-state index in [1.165, 1.54) is 25.9 Å². The van der Waals surface area contributed by atoms with Crippen LogP contribution in [0.4, 0.5) is 0 Å². The van der Waals surface area contributed by atoms with E-state index in [-0.39, 0.29) is 0 Å². The molecule has 1 N–H and O–H groups in total. The molecule has 0 aromatic rings. The van der Waals surface area contributed by atoms with E-state index in [1.54, 1.807) is 0 Å². The number of aliphatic hydroxyl groups is 1. The minimum atomic E-state index is -1.13. The number of rotatable bonds is 4. The topological polar surface area (TPSA) is 83.9 Å². The second kappa shape index (κ2) is 6.14. The van der Waals surface area contributed by atoms with Crippen molar-refractivity contribution >= 4 is 17.7 Å². The van der Waals surface area contributed by atoms with Crippen LogP contribution < -0.4 is 0 Å². The Kier molecular flexibility index (Phi) is 5.05. The molecule has 0 aromatic heterocycles. The lowest BCUT2D eigenvalue weighted by Gasteiger charge is -2.34. The summed E-state index contributed by atoms with van der Waals surface area (Å²) in [5.74, 6) is -1.89. The number of ether oxygens (including phenoxy) is 1. The van der Waals surface area contributed by atoms with Crippen molar-refractivity contribution in [2.75, 3.05) is 20.3 Å². The first-order valence-corrected chi connectivity index (χ1v) is 6.39. The number of nitrogens with zero attached hydrogens (tertiary/aromatic N) is 1. The number of likely N-dealkylation sites (tertiary alicyclic amines) is 1. The third-order valence-electron chi connectivity index (χ3n) is 3.44. The number of piperidine rings is 1. The van der Waals surface area contributed by atoms with Crippen molar-refractivity contribution in [2.45, 2.75) is 39.2 Å². The minimum absolute atomic E-state index is 0.367. The van der Waals surface area contributed by atoms with E-state index in [4.69, 9.17) is 5.11 Å². The van der Waals surface area contributed by atoms with Gasteiger partial charge in [-0.1, -0.05) is 13.8 Å². The van der Waals surface area contributed by atoms with Crippen molar-refractivity contribution in [3.8, 4) is 0 Å². The van der Waals surface area contributed by atoms with Gasteiger partial charge in [-0.15, -0.1) is 0 Å². The van der Waals surface area contributed by atoms with Gasteiger partial charge in [-0.2, -0.15) is 0 Å². The molecule has 108 valence electrons. The highest BCUT2D eigenvalue weighted by Gasteiger charge is 2.40. The second-order valence-electron chi connectivity index (χ2n) is 5.40. The third kappa shape index (κ3) is 3.32. The van der Waals surface area contributed by atoms with Crippen LogP contribution in [0, 0.1) is 5.41 Å². The zero-order valence-electron chi connectivity index (χ0n) is 11.6. The van der Waals surface area contributed by atoms with Crippen LogP contribution in [0.2, 0.25) is 0 Å². The number of methoxy groups -OCH3 is 1. The van der Waals surface area contributed by atoms with Crippen LogP contribution >= 0.6 is 0 Å². The van der Waals surface area contributed by atoms with Crippen LogP contribution in [0.15, 0.2) is 0 Å². The van der Waals surface area contributed by atoms with E-state index in [2.05, 4.69) is 4.74 Å². The van der Waals surface area contributed by atoms with Crippen LogP contribution in [0.1, 0.15) is 33.1 Å². The van der Waals surface area contributed by atoms with Gasteiger partial charge in [0.15, 0.2) is 0 Å². The number of ketones is 1. The molecule has 6 nitrogen and oxygen atoms in total. The fourth-order valence-electron chi connectivity index (χ4n) is 2.05. The molecule has 0 radical (unpaired) electrons. The predicted octanol–water partition coefficient (Wildman–Crippen LogP) is 0.128. The number of amides is 1. The van der Waals surface area contributed by atoms with E-state index < -0.39 is 35.7 Å². The number of aliphatic hydroxyl groups excluding tert-OH is 1. The molecule has 0 aromatic carbocycles. The summed E-state index contributed by atoms with van der Waals surface area (Å²) >= 11 is 0. The maximum absolute atomic E-state index is 12.2. The molecule has 19 heavy (non-hydrogen) atoms. The van der Waals surface area contributed by atoms with Gasteiger partial charge in [0.2, 0.25) is 5.78 Å². The Hall–Kier alpha value is -1.43. The fourth-order valence-corrected chi connectivity index (χ4v) is 2.05. The van der Waals surface area contributed by atoms with Gasteiger partial charge < -0.3 is 14.7 Å². The van der Waals surface area contributed by atoms with Crippen LogP contribution in [0.25, 0.3) is 0 Å². The molecule has 0 aliphatic carbocycles. The van der Waals surface area contributed by atoms with Crippen molar-refractivity contribution in [2.24, 2.45) is 5.41 Å². The number of esters is 1. The SMILES string of the molecule is COC(=O)[C@@H]1CCCCN1C(=O)C(=O)C(C)(C)CO. The van der Waals surface area contributed by atoms with Crippen LogP contribution in [-0.4, -0.2) is 54.0 Å². The van der Waals surface area contributed by atoms with Crippen molar-refractivity contribution in [3.63, 3.8) is 0 Å². The summed E-state index contributed by atoms with van der Waals surface area (Å²) in [5, 5.41) is 9.15. The summed E-state index contributed by atoms with van der Waals surface area (Å²) in [6, 6.07) is -0.690. The molecule has 1 saturated heterocycles. The van der Waals surface area contributed by atoms with E-state index in [1.807, 2.05) is 0 Å². The van der Waals surface area contributed by atoms with Crippen LogP contribution in [0.3, 0.4) is 0 Å².